The first-order valence-electron chi connectivity index (χ1n) is 15.6. The third kappa shape index (κ3) is 15.2. The highest BCUT2D eigenvalue weighted by Gasteiger charge is 2.11. The SMILES string of the molecule is CC/C=C\COc1ccc(C(=O)O)c(C)c1.CC/C=C\COc1ccc(C(=O)OCC)c(C)c1.CCOC(=O)c1ccc(O)cc1C. The number of benzene rings is 3. The summed E-state index contributed by atoms with van der Waals surface area (Å²) in [6.07, 6.45) is 10.00. The van der Waals surface area contributed by atoms with E-state index in [0.717, 1.165) is 29.7 Å². The minimum absolute atomic E-state index is 0.158. The Morgan fingerprint density at radius 3 is 1.36 bits per heavy atom. The number of hydrogen-bond acceptors (Lipinski definition) is 8. The second kappa shape index (κ2) is 22.5. The summed E-state index contributed by atoms with van der Waals surface area (Å²) in [5, 5.41) is 17.9. The van der Waals surface area contributed by atoms with Gasteiger partial charge in [-0.1, -0.05) is 38.2 Å². The summed E-state index contributed by atoms with van der Waals surface area (Å²) in [5.74, 6) is 0.0810. The van der Waals surface area contributed by atoms with Crippen LogP contribution in [0.5, 0.6) is 17.2 Å². The summed E-state index contributed by atoms with van der Waals surface area (Å²) >= 11 is 0. The van der Waals surface area contributed by atoms with Crippen molar-refractivity contribution < 1.29 is 43.5 Å². The minimum atomic E-state index is -0.907. The van der Waals surface area contributed by atoms with Crippen molar-refractivity contribution in [2.45, 2.75) is 61.3 Å². The van der Waals surface area contributed by atoms with Gasteiger partial charge in [0.2, 0.25) is 0 Å². The third-order valence-electron chi connectivity index (χ3n) is 6.32. The molecule has 0 unspecified atom stereocenters. The minimum Gasteiger partial charge on any atom is -0.508 e. The van der Waals surface area contributed by atoms with Gasteiger partial charge in [0.15, 0.2) is 0 Å². The predicted molar refractivity (Wildman–Crippen MR) is 184 cm³/mol. The summed E-state index contributed by atoms with van der Waals surface area (Å²) in [5.41, 5.74) is 3.71. The quantitative estimate of drug-likeness (QED) is 0.139. The van der Waals surface area contributed by atoms with Gasteiger partial charge < -0.3 is 29.2 Å². The Morgan fingerprint density at radius 2 is 1.00 bits per heavy atom. The molecule has 0 atom stereocenters. The fourth-order valence-corrected chi connectivity index (χ4v) is 3.97. The number of carboxylic acid groups (broad SMARTS) is 1. The highest BCUT2D eigenvalue weighted by atomic mass is 16.5. The maximum atomic E-state index is 11.6. The first kappa shape index (κ1) is 40.0. The number of hydrogen-bond donors (Lipinski definition) is 2. The maximum absolute atomic E-state index is 11.6. The van der Waals surface area contributed by atoms with E-state index in [4.69, 9.17) is 29.2 Å². The van der Waals surface area contributed by atoms with Crippen molar-refractivity contribution in [2.24, 2.45) is 0 Å². The van der Waals surface area contributed by atoms with Crippen LogP contribution in [0.1, 0.15) is 88.3 Å². The number of phenolic OH excluding ortho intramolecular Hbond substituents is 1. The number of esters is 2. The van der Waals surface area contributed by atoms with Gasteiger partial charge in [-0.3, -0.25) is 0 Å². The molecule has 9 nitrogen and oxygen atoms in total. The van der Waals surface area contributed by atoms with Crippen molar-refractivity contribution in [3.05, 3.63) is 112 Å². The molecular formula is C38H48O9. The number of carbonyl (C=O) groups is 3. The highest BCUT2D eigenvalue weighted by molar-refractivity contribution is 5.92. The van der Waals surface area contributed by atoms with Gasteiger partial charge >= 0.3 is 17.9 Å². The Balaban J connectivity index is 0.000000357. The maximum Gasteiger partial charge on any atom is 0.338 e. The molecule has 0 aliphatic carbocycles. The fraction of sp³-hybridized carbons (Fsp3) is 0.342. The smallest absolute Gasteiger partial charge is 0.338 e. The van der Waals surface area contributed by atoms with E-state index in [2.05, 4.69) is 19.9 Å². The lowest BCUT2D eigenvalue weighted by Gasteiger charge is -2.08. The van der Waals surface area contributed by atoms with Gasteiger partial charge in [-0.2, -0.15) is 0 Å². The summed E-state index contributed by atoms with van der Waals surface area (Å²) in [6.45, 7) is 14.9. The van der Waals surface area contributed by atoms with Gasteiger partial charge in [-0.05, 0) is 119 Å². The number of carboxylic acids is 1. The number of aryl methyl sites for hydroxylation is 3. The van der Waals surface area contributed by atoms with Crippen LogP contribution >= 0.6 is 0 Å². The highest BCUT2D eigenvalue weighted by Crippen LogP contribution is 2.19. The Morgan fingerprint density at radius 1 is 0.596 bits per heavy atom. The molecule has 2 N–H and O–H groups in total. The van der Waals surface area contributed by atoms with Crippen LogP contribution < -0.4 is 9.47 Å². The van der Waals surface area contributed by atoms with Crippen LogP contribution in [-0.4, -0.2) is 54.5 Å². The average molecular weight is 649 g/mol. The van der Waals surface area contributed by atoms with E-state index in [1.54, 1.807) is 64.1 Å². The molecule has 0 heterocycles. The van der Waals surface area contributed by atoms with E-state index in [1.165, 1.54) is 12.1 Å². The molecule has 0 fully saturated rings. The van der Waals surface area contributed by atoms with Crippen LogP contribution in [0.2, 0.25) is 0 Å². The van der Waals surface area contributed by atoms with E-state index in [0.29, 0.717) is 54.4 Å². The van der Waals surface area contributed by atoms with Crippen molar-refractivity contribution in [3.63, 3.8) is 0 Å². The lowest BCUT2D eigenvalue weighted by Crippen LogP contribution is -2.06. The van der Waals surface area contributed by atoms with Crippen molar-refractivity contribution >= 4 is 17.9 Å². The molecule has 47 heavy (non-hydrogen) atoms. The molecule has 0 amide bonds. The Bertz CT molecular complexity index is 1490. The second-order valence-corrected chi connectivity index (χ2v) is 10.1. The van der Waals surface area contributed by atoms with Gasteiger partial charge in [0, 0.05) is 0 Å². The zero-order valence-electron chi connectivity index (χ0n) is 28.5. The Kier molecular flexibility index (Phi) is 19.1. The topological polar surface area (TPSA) is 129 Å². The van der Waals surface area contributed by atoms with Crippen LogP contribution in [0, 0.1) is 20.8 Å². The molecule has 0 spiro atoms. The molecule has 9 heteroatoms. The summed E-state index contributed by atoms with van der Waals surface area (Å²) in [7, 11) is 0. The summed E-state index contributed by atoms with van der Waals surface area (Å²) < 4.78 is 20.8. The van der Waals surface area contributed by atoms with Crippen LogP contribution in [-0.2, 0) is 9.47 Å². The standard InChI is InChI=1S/C15H20O3.C13H16O3.C10H12O3/c1-4-6-7-10-18-13-8-9-14(12(3)11-13)15(16)17-5-2;1-3-4-5-8-16-11-6-7-12(13(14)15)10(2)9-11;1-3-13-10(12)9-5-4-8(11)6-7(9)2/h6-9,11H,4-5,10H2,1-3H3;4-7,9H,3,8H2,1-2H3,(H,14,15);4-6,11H,3H2,1-2H3/b7-6-;5-4-;. The van der Waals surface area contributed by atoms with Gasteiger partial charge in [-0.15, -0.1) is 0 Å². The van der Waals surface area contributed by atoms with Crippen molar-refractivity contribution in [3.8, 4) is 17.2 Å². The molecule has 0 aromatic heterocycles. The molecule has 3 aromatic rings. The zero-order valence-corrected chi connectivity index (χ0v) is 28.5. The first-order valence-corrected chi connectivity index (χ1v) is 15.6. The molecule has 0 saturated carbocycles. The van der Waals surface area contributed by atoms with E-state index < -0.39 is 5.97 Å². The third-order valence-corrected chi connectivity index (χ3v) is 6.32. The van der Waals surface area contributed by atoms with Crippen molar-refractivity contribution in [2.75, 3.05) is 26.4 Å². The van der Waals surface area contributed by atoms with Gasteiger partial charge in [-0.25, -0.2) is 14.4 Å². The van der Waals surface area contributed by atoms with E-state index in [1.807, 2.05) is 31.2 Å². The number of ether oxygens (including phenoxy) is 4. The lowest BCUT2D eigenvalue weighted by atomic mass is 10.1. The normalized spacial score (nSPS) is 10.4. The van der Waals surface area contributed by atoms with Crippen LogP contribution in [0.25, 0.3) is 0 Å². The number of phenols is 1. The lowest BCUT2D eigenvalue weighted by molar-refractivity contribution is 0.0515. The molecular weight excluding hydrogens is 600 g/mol. The number of rotatable bonds is 13. The molecule has 3 aromatic carbocycles. The van der Waals surface area contributed by atoms with Crippen molar-refractivity contribution in [1.29, 1.82) is 0 Å². The Labute approximate surface area is 278 Å². The van der Waals surface area contributed by atoms with Crippen LogP contribution in [0.15, 0.2) is 78.9 Å². The van der Waals surface area contributed by atoms with E-state index >= 15 is 0 Å². The average Bonchev–Trinajstić information content (AvgIpc) is 3.02. The van der Waals surface area contributed by atoms with Gasteiger partial charge in [0.25, 0.3) is 0 Å². The number of carbonyl (C=O) groups excluding carboxylic acids is 2. The van der Waals surface area contributed by atoms with E-state index in [9.17, 15) is 14.4 Å². The first-order chi connectivity index (χ1) is 22.5. The predicted octanol–water partition coefficient (Wildman–Crippen LogP) is 8.43. The second-order valence-electron chi connectivity index (χ2n) is 10.1. The number of allylic oxidation sites excluding steroid dienone is 2. The molecule has 254 valence electrons. The molecule has 0 saturated heterocycles. The summed E-state index contributed by atoms with van der Waals surface area (Å²) in [4.78, 5) is 33.7. The molecule has 3 rings (SSSR count). The monoisotopic (exact) mass is 648 g/mol. The number of aromatic hydroxyl groups is 1. The van der Waals surface area contributed by atoms with Crippen molar-refractivity contribution in [1.82, 2.24) is 0 Å². The fourth-order valence-electron chi connectivity index (χ4n) is 3.97. The Hall–Kier alpha value is -5.05. The largest absolute Gasteiger partial charge is 0.508 e. The van der Waals surface area contributed by atoms with E-state index in [-0.39, 0.29) is 17.7 Å². The summed E-state index contributed by atoms with van der Waals surface area (Å²) in [6, 6.07) is 14.9. The van der Waals surface area contributed by atoms with Crippen LogP contribution in [0.4, 0.5) is 0 Å². The van der Waals surface area contributed by atoms with Gasteiger partial charge in [0.1, 0.15) is 30.5 Å². The molecule has 0 aliphatic heterocycles. The van der Waals surface area contributed by atoms with Gasteiger partial charge in [0.05, 0.1) is 29.9 Å². The van der Waals surface area contributed by atoms with Crippen LogP contribution in [0.3, 0.4) is 0 Å². The molecule has 0 aliphatic rings. The number of aromatic carboxylic acids is 1. The molecule has 0 radical (unpaired) electrons. The molecule has 0 bridgehead atoms. The zero-order chi connectivity index (χ0) is 35.2.